The molecule has 2 atom stereocenters. The van der Waals surface area contributed by atoms with Gasteiger partial charge in [0, 0.05) is 11.6 Å². The van der Waals surface area contributed by atoms with Gasteiger partial charge in [0.2, 0.25) is 5.91 Å². The number of fused-ring (bicyclic) bond motifs is 1. The van der Waals surface area contributed by atoms with E-state index in [2.05, 4.69) is 5.32 Å². The van der Waals surface area contributed by atoms with Crippen molar-refractivity contribution in [2.45, 2.75) is 6.42 Å². The maximum absolute atomic E-state index is 12.6. The van der Waals surface area contributed by atoms with Crippen molar-refractivity contribution in [2.75, 3.05) is 5.32 Å². The van der Waals surface area contributed by atoms with Crippen molar-refractivity contribution < 1.29 is 14.0 Å². The minimum absolute atomic E-state index is 0.0297. The second kappa shape index (κ2) is 2.45. The molecule has 1 amide bonds. The molecule has 2 fully saturated rings. The van der Waals surface area contributed by atoms with E-state index >= 15 is 0 Å². The fraction of sp³-hybridized carbons (Fsp3) is 0.273. The molecule has 2 unspecified atom stereocenters. The van der Waals surface area contributed by atoms with Gasteiger partial charge in [-0.25, -0.2) is 4.39 Å². The molecule has 76 valence electrons. The summed E-state index contributed by atoms with van der Waals surface area (Å²) in [4.78, 5) is 22.6. The molecule has 0 bridgehead atoms. The number of rotatable bonds is 2. The van der Waals surface area contributed by atoms with Crippen LogP contribution in [0.4, 0.5) is 10.1 Å². The maximum Gasteiger partial charge on any atom is 0.238 e. The maximum atomic E-state index is 12.6. The molecule has 2 aliphatic carbocycles. The number of ketones is 1. The number of benzene rings is 1. The van der Waals surface area contributed by atoms with Gasteiger partial charge in [0.05, 0.1) is 0 Å². The number of hydrogen-bond donors (Lipinski definition) is 1. The molecule has 3 nitrogen and oxygen atoms in total. The summed E-state index contributed by atoms with van der Waals surface area (Å²) >= 11 is 0. The van der Waals surface area contributed by atoms with Gasteiger partial charge in [0.25, 0.3) is 0 Å². The Balaban J connectivity index is 1.73. The zero-order valence-electron chi connectivity index (χ0n) is 7.79. The minimum atomic E-state index is -0.700. The Morgan fingerprint density at radius 3 is 2.47 bits per heavy atom. The van der Waals surface area contributed by atoms with Crippen molar-refractivity contribution in [1.29, 1.82) is 0 Å². The van der Waals surface area contributed by atoms with Crippen molar-refractivity contribution in [3.05, 3.63) is 30.1 Å². The number of anilines is 1. The summed E-state index contributed by atoms with van der Waals surface area (Å²) in [6, 6.07) is 5.50. The molecule has 0 radical (unpaired) electrons. The third-order valence-electron chi connectivity index (χ3n) is 3.14. The molecule has 1 N–H and O–H groups in total. The molecule has 1 aromatic carbocycles. The van der Waals surface area contributed by atoms with Crippen molar-refractivity contribution in [2.24, 2.45) is 11.3 Å². The summed E-state index contributed by atoms with van der Waals surface area (Å²) in [5.74, 6) is -0.581. The lowest BCUT2D eigenvalue weighted by Gasteiger charge is -2.05. The van der Waals surface area contributed by atoms with Crippen LogP contribution in [0.2, 0.25) is 0 Å². The van der Waals surface area contributed by atoms with E-state index in [9.17, 15) is 14.0 Å². The predicted octanol–water partition coefficient (Wildman–Crippen LogP) is 1.35. The number of carbonyl (C=O) groups is 2. The zero-order valence-corrected chi connectivity index (χ0v) is 7.79. The lowest BCUT2D eigenvalue weighted by molar-refractivity contribution is -0.124. The summed E-state index contributed by atoms with van der Waals surface area (Å²) in [7, 11) is 0. The van der Waals surface area contributed by atoms with E-state index in [4.69, 9.17) is 0 Å². The van der Waals surface area contributed by atoms with E-state index in [-0.39, 0.29) is 23.4 Å². The van der Waals surface area contributed by atoms with Crippen LogP contribution < -0.4 is 5.32 Å². The van der Waals surface area contributed by atoms with Crippen LogP contribution in [-0.2, 0) is 9.59 Å². The van der Waals surface area contributed by atoms with Gasteiger partial charge in [-0.2, -0.15) is 0 Å². The molecule has 1 aromatic rings. The van der Waals surface area contributed by atoms with Crippen molar-refractivity contribution >= 4 is 17.4 Å². The molecule has 15 heavy (non-hydrogen) atoms. The molecular weight excluding hydrogens is 197 g/mol. The van der Waals surface area contributed by atoms with E-state index in [1.807, 2.05) is 0 Å². The molecule has 3 rings (SSSR count). The van der Waals surface area contributed by atoms with Crippen LogP contribution in [0.5, 0.6) is 0 Å². The monoisotopic (exact) mass is 205 g/mol. The first-order valence-corrected chi connectivity index (χ1v) is 4.76. The van der Waals surface area contributed by atoms with Gasteiger partial charge in [-0.05, 0) is 30.7 Å². The van der Waals surface area contributed by atoms with Crippen LogP contribution in [0.3, 0.4) is 0 Å². The largest absolute Gasteiger partial charge is 0.325 e. The van der Waals surface area contributed by atoms with Crippen molar-refractivity contribution in [3.8, 4) is 0 Å². The van der Waals surface area contributed by atoms with Crippen LogP contribution in [0.25, 0.3) is 0 Å². The van der Waals surface area contributed by atoms with Crippen LogP contribution >= 0.6 is 0 Å². The second-order valence-corrected chi connectivity index (χ2v) is 4.05. The lowest BCUT2D eigenvalue weighted by Crippen LogP contribution is -2.21. The highest BCUT2D eigenvalue weighted by Gasteiger charge is 2.84. The Morgan fingerprint density at radius 2 is 2.00 bits per heavy atom. The van der Waals surface area contributed by atoms with E-state index in [1.165, 1.54) is 24.3 Å². The third-order valence-corrected chi connectivity index (χ3v) is 3.14. The first-order chi connectivity index (χ1) is 7.14. The average molecular weight is 205 g/mol. The average Bonchev–Trinajstić information content (AvgIpc) is 3.09. The normalized spacial score (nSPS) is 30.7. The molecule has 2 saturated carbocycles. The molecule has 0 saturated heterocycles. The second-order valence-electron chi connectivity index (χ2n) is 4.05. The highest BCUT2D eigenvalue weighted by Crippen LogP contribution is 2.71. The van der Waals surface area contributed by atoms with Gasteiger partial charge in [-0.1, -0.05) is 0 Å². The summed E-state index contributed by atoms with van der Waals surface area (Å²) in [6.07, 6.45) is 0.679. The first kappa shape index (κ1) is 8.59. The quantitative estimate of drug-likeness (QED) is 0.741. The number of halogens is 1. The number of nitrogens with one attached hydrogen (secondary N) is 1. The Hall–Kier alpha value is -1.71. The molecule has 0 aliphatic heterocycles. The molecule has 0 aromatic heterocycles. The predicted molar refractivity (Wildman–Crippen MR) is 50.6 cm³/mol. The summed E-state index contributed by atoms with van der Waals surface area (Å²) < 4.78 is 12.6. The molecular formula is C11H8FNO2. The standard InChI is InChI=1S/C11H8FNO2/c12-6-1-3-7(4-2-6)13-10(15)11-5-8(11)9(11)14/h1-4,8H,5H2,(H,13,15). The van der Waals surface area contributed by atoms with Gasteiger partial charge in [0.15, 0.2) is 5.78 Å². The number of carbonyl (C=O) groups excluding carboxylic acids is 2. The van der Waals surface area contributed by atoms with Crippen LogP contribution in [0.15, 0.2) is 24.3 Å². The first-order valence-electron chi connectivity index (χ1n) is 4.76. The number of hydrogen-bond acceptors (Lipinski definition) is 2. The SMILES string of the molecule is O=C(Nc1ccc(F)cc1)C12CC1C2=O. The molecule has 0 heterocycles. The Bertz CT molecular complexity index is 468. The molecule has 0 spiro atoms. The molecule has 4 heteroatoms. The highest BCUT2D eigenvalue weighted by atomic mass is 19.1. The van der Waals surface area contributed by atoms with Gasteiger partial charge in [-0.15, -0.1) is 0 Å². The topological polar surface area (TPSA) is 46.2 Å². The number of Topliss-reactive ketones (excluding diaryl/α,β-unsaturated/α-hetero) is 1. The van der Waals surface area contributed by atoms with Crippen LogP contribution in [0, 0.1) is 17.2 Å². The Labute approximate surface area is 85.3 Å². The summed E-state index contributed by atoms with van der Waals surface area (Å²) in [5, 5.41) is 2.62. The van der Waals surface area contributed by atoms with E-state index in [0.717, 1.165) is 0 Å². The van der Waals surface area contributed by atoms with Crippen molar-refractivity contribution in [3.63, 3.8) is 0 Å². The zero-order chi connectivity index (χ0) is 10.6. The third kappa shape index (κ3) is 1.04. The summed E-state index contributed by atoms with van der Waals surface area (Å²) in [6.45, 7) is 0. The fourth-order valence-electron chi connectivity index (χ4n) is 1.88. The van der Waals surface area contributed by atoms with E-state index in [1.54, 1.807) is 0 Å². The smallest absolute Gasteiger partial charge is 0.238 e. The lowest BCUT2D eigenvalue weighted by atomic mass is 10.2. The molecule has 2 aliphatic rings. The highest BCUT2D eigenvalue weighted by molar-refractivity contribution is 6.30. The van der Waals surface area contributed by atoms with E-state index in [0.29, 0.717) is 12.1 Å². The van der Waals surface area contributed by atoms with Gasteiger partial charge in [-0.3, -0.25) is 9.59 Å². The Morgan fingerprint density at radius 1 is 1.40 bits per heavy atom. The van der Waals surface area contributed by atoms with Crippen LogP contribution in [0.1, 0.15) is 6.42 Å². The van der Waals surface area contributed by atoms with Crippen LogP contribution in [-0.4, -0.2) is 11.7 Å². The minimum Gasteiger partial charge on any atom is -0.325 e. The fourth-order valence-corrected chi connectivity index (χ4v) is 1.88. The van der Waals surface area contributed by atoms with Gasteiger partial charge in [0.1, 0.15) is 11.2 Å². The Kier molecular flexibility index (Phi) is 1.40. The van der Waals surface area contributed by atoms with Crippen molar-refractivity contribution in [1.82, 2.24) is 0 Å². The van der Waals surface area contributed by atoms with Gasteiger partial charge >= 0.3 is 0 Å². The summed E-state index contributed by atoms with van der Waals surface area (Å²) in [5.41, 5.74) is -0.171. The van der Waals surface area contributed by atoms with E-state index < -0.39 is 5.41 Å². The number of amides is 1. The van der Waals surface area contributed by atoms with Gasteiger partial charge < -0.3 is 5.32 Å².